The van der Waals surface area contributed by atoms with Crippen LogP contribution < -0.4 is 24.3 Å². The first-order valence-corrected chi connectivity index (χ1v) is 10.0. The lowest BCUT2D eigenvalue weighted by atomic mass is 10.1. The van der Waals surface area contributed by atoms with Gasteiger partial charge in [-0.3, -0.25) is 4.79 Å². The minimum atomic E-state index is -0.223. The molecule has 29 heavy (non-hydrogen) atoms. The van der Waals surface area contributed by atoms with E-state index < -0.39 is 0 Å². The molecule has 0 aromatic heterocycles. The number of amides is 1. The molecule has 6 heteroatoms. The quantitative estimate of drug-likeness (QED) is 0.569. The van der Waals surface area contributed by atoms with E-state index in [9.17, 15) is 4.79 Å². The van der Waals surface area contributed by atoms with Gasteiger partial charge in [-0.15, -0.1) is 0 Å². The molecule has 0 aliphatic heterocycles. The molecule has 0 fully saturated rings. The second-order valence-electron chi connectivity index (χ2n) is 6.47. The molecular weight excluding hydrogens is 370 g/mol. The van der Waals surface area contributed by atoms with E-state index >= 15 is 0 Å². The van der Waals surface area contributed by atoms with Crippen molar-refractivity contribution in [1.29, 1.82) is 0 Å². The van der Waals surface area contributed by atoms with Crippen LogP contribution in [-0.4, -0.2) is 38.9 Å². The molecule has 6 nitrogen and oxygen atoms in total. The molecular formula is C23H31NO5. The van der Waals surface area contributed by atoms with Crippen LogP contribution in [0.15, 0.2) is 30.3 Å². The summed E-state index contributed by atoms with van der Waals surface area (Å²) >= 11 is 0. The summed E-state index contributed by atoms with van der Waals surface area (Å²) in [5.74, 6) is 2.11. The van der Waals surface area contributed by atoms with Crippen molar-refractivity contribution in [3.05, 3.63) is 47.0 Å². The van der Waals surface area contributed by atoms with Gasteiger partial charge in [-0.25, -0.2) is 0 Å². The van der Waals surface area contributed by atoms with Crippen LogP contribution >= 0.6 is 0 Å². The number of aryl methyl sites for hydroxylation is 2. The minimum absolute atomic E-state index is 0.223. The lowest BCUT2D eigenvalue weighted by Gasteiger charge is -2.17. The first-order valence-electron chi connectivity index (χ1n) is 10.0. The Balaban J connectivity index is 2.05. The predicted molar refractivity (Wildman–Crippen MR) is 114 cm³/mol. The van der Waals surface area contributed by atoms with Gasteiger partial charge in [0.1, 0.15) is 12.4 Å². The maximum Gasteiger partial charge on any atom is 0.251 e. The lowest BCUT2D eigenvalue weighted by Crippen LogP contribution is -2.28. The molecule has 2 rings (SSSR count). The van der Waals surface area contributed by atoms with Gasteiger partial charge in [0.15, 0.2) is 11.5 Å². The number of nitrogens with one attached hydrogen (secondary N) is 1. The number of hydrogen-bond acceptors (Lipinski definition) is 5. The van der Waals surface area contributed by atoms with Gasteiger partial charge < -0.3 is 24.3 Å². The molecule has 1 amide bonds. The summed E-state index contributed by atoms with van der Waals surface area (Å²) in [5.41, 5.74) is 2.71. The van der Waals surface area contributed by atoms with Crippen LogP contribution in [0.4, 0.5) is 0 Å². The molecule has 0 radical (unpaired) electrons. The van der Waals surface area contributed by atoms with Crippen molar-refractivity contribution in [2.24, 2.45) is 0 Å². The van der Waals surface area contributed by atoms with Gasteiger partial charge in [0.2, 0.25) is 5.75 Å². The smallest absolute Gasteiger partial charge is 0.251 e. The summed E-state index contributed by atoms with van der Waals surface area (Å²) < 4.78 is 22.8. The van der Waals surface area contributed by atoms with Crippen LogP contribution in [0.2, 0.25) is 0 Å². The van der Waals surface area contributed by atoms with Crippen molar-refractivity contribution < 1.29 is 23.7 Å². The van der Waals surface area contributed by atoms with Crippen LogP contribution in [0.25, 0.3) is 0 Å². The predicted octanol–water partition coefficient (Wildman–Crippen LogP) is 4.31. The van der Waals surface area contributed by atoms with Gasteiger partial charge in [0, 0.05) is 5.56 Å². The Kier molecular flexibility index (Phi) is 8.65. The first kappa shape index (κ1) is 22.4. The molecule has 2 aromatic carbocycles. The van der Waals surface area contributed by atoms with Crippen LogP contribution in [0.5, 0.6) is 23.0 Å². The highest BCUT2D eigenvalue weighted by Gasteiger charge is 2.18. The fourth-order valence-corrected chi connectivity index (χ4v) is 2.91. The maximum absolute atomic E-state index is 12.6. The normalized spacial score (nSPS) is 10.4. The van der Waals surface area contributed by atoms with Gasteiger partial charge >= 0.3 is 0 Å². The summed E-state index contributed by atoms with van der Waals surface area (Å²) in [6.07, 6.45) is 0. The van der Waals surface area contributed by atoms with Crippen molar-refractivity contribution in [3.63, 3.8) is 0 Å². The summed E-state index contributed by atoms with van der Waals surface area (Å²) in [4.78, 5) is 12.6. The zero-order valence-electron chi connectivity index (χ0n) is 18.0. The second-order valence-corrected chi connectivity index (χ2v) is 6.47. The van der Waals surface area contributed by atoms with Gasteiger partial charge in [-0.05, 0) is 58.4 Å². The molecule has 0 aliphatic rings. The Bertz CT molecular complexity index is 792. The Morgan fingerprint density at radius 1 is 0.828 bits per heavy atom. The van der Waals surface area contributed by atoms with E-state index in [1.165, 1.54) is 5.56 Å². The maximum atomic E-state index is 12.6. The summed E-state index contributed by atoms with van der Waals surface area (Å²) in [5, 5.41) is 2.87. The zero-order chi connectivity index (χ0) is 21.2. The molecule has 0 saturated heterocycles. The topological polar surface area (TPSA) is 66.0 Å². The highest BCUT2D eigenvalue weighted by Crippen LogP contribution is 2.39. The fraction of sp³-hybridized carbons (Fsp3) is 0.435. The van der Waals surface area contributed by atoms with Crippen LogP contribution in [-0.2, 0) is 0 Å². The number of carbonyl (C=O) groups excluding carboxylic acids is 1. The van der Waals surface area contributed by atoms with Gasteiger partial charge in [0.05, 0.1) is 26.4 Å². The van der Waals surface area contributed by atoms with Crippen LogP contribution in [0, 0.1) is 13.8 Å². The van der Waals surface area contributed by atoms with E-state index in [2.05, 4.69) is 11.4 Å². The van der Waals surface area contributed by atoms with Gasteiger partial charge in [-0.1, -0.05) is 17.7 Å². The first-order chi connectivity index (χ1) is 14.0. The van der Waals surface area contributed by atoms with Crippen molar-refractivity contribution >= 4 is 5.91 Å². The van der Waals surface area contributed by atoms with E-state index in [-0.39, 0.29) is 5.91 Å². The second kappa shape index (κ2) is 11.2. The third-order valence-electron chi connectivity index (χ3n) is 4.15. The number of hydrogen-bond donors (Lipinski definition) is 1. The number of ether oxygens (including phenoxy) is 4. The number of carbonyl (C=O) groups is 1. The molecule has 158 valence electrons. The molecule has 0 spiro atoms. The van der Waals surface area contributed by atoms with Gasteiger partial charge in [0.25, 0.3) is 5.91 Å². The van der Waals surface area contributed by atoms with Crippen molar-refractivity contribution in [2.75, 3.05) is 33.0 Å². The minimum Gasteiger partial charge on any atom is -0.491 e. The Hall–Kier alpha value is -2.89. The van der Waals surface area contributed by atoms with Crippen molar-refractivity contribution in [2.45, 2.75) is 34.6 Å². The SMILES string of the molecule is CCOc1cc(C(=O)NCCOc2ccc(C)cc2C)cc(OCC)c1OCC. The van der Waals surface area contributed by atoms with E-state index in [1.807, 2.05) is 46.8 Å². The van der Waals surface area contributed by atoms with E-state index in [4.69, 9.17) is 18.9 Å². The molecule has 0 unspecified atom stereocenters. The van der Waals surface area contributed by atoms with Gasteiger partial charge in [-0.2, -0.15) is 0 Å². The summed E-state index contributed by atoms with van der Waals surface area (Å²) in [6.45, 7) is 11.9. The Labute approximate surface area is 173 Å². The summed E-state index contributed by atoms with van der Waals surface area (Å²) in [6, 6.07) is 9.38. The molecule has 1 N–H and O–H groups in total. The third-order valence-corrected chi connectivity index (χ3v) is 4.15. The van der Waals surface area contributed by atoms with Crippen LogP contribution in [0.3, 0.4) is 0 Å². The lowest BCUT2D eigenvalue weighted by molar-refractivity contribution is 0.0946. The average Bonchev–Trinajstić information content (AvgIpc) is 2.69. The monoisotopic (exact) mass is 401 g/mol. The molecule has 0 bridgehead atoms. The van der Waals surface area contributed by atoms with Crippen molar-refractivity contribution in [1.82, 2.24) is 5.32 Å². The number of benzene rings is 2. The van der Waals surface area contributed by atoms with Crippen molar-refractivity contribution in [3.8, 4) is 23.0 Å². The largest absolute Gasteiger partial charge is 0.491 e. The zero-order valence-corrected chi connectivity index (χ0v) is 18.0. The standard InChI is InChI=1S/C23H31NO5/c1-6-26-20-14-18(15-21(27-7-2)22(20)28-8-3)23(25)24-11-12-29-19-10-9-16(4)13-17(19)5/h9-10,13-15H,6-8,11-12H2,1-5H3,(H,24,25). The molecule has 0 heterocycles. The molecule has 0 aliphatic carbocycles. The average molecular weight is 402 g/mol. The highest BCUT2D eigenvalue weighted by molar-refractivity contribution is 5.95. The van der Waals surface area contributed by atoms with E-state index in [1.54, 1.807) is 12.1 Å². The Morgan fingerprint density at radius 2 is 1.45 bits per heavy atom. The fourth-order valence-electron chi connectivity index (χ4n) is 2.91. The molecule has 0 atom stereocenters. The summed E-state index contributed by atoms with van der Waals surface area (Å²) in [7, 11) is 0. The number of rotatable bonds is 11. The van der Waals surface area contributed by atoms with Crippen LogP contribution in [0.1, 0.15) is 42.3 Å². The Morgan fingerprint density at radius 3 is 2.00 bits per heavy atom. The molecule has 2 aromatic rings. The van der Waals surface area contributed by atoms with E-state index in [0.717, 1.165) is 11.3 Å². The third kappa shape index (κ3) is 6.31. The van der Waals surface area contributed by atoms with E-state index in [0.29, 0.717) is 55.8 Å². The molecule has 0 saturated carbocycles. The highest BCUT2D eigenvalue weighted by atomic mass is 16.5.